The number of nitrogens with zero attached hydrogens (tertiary/aromatic N) is 1. The zero-order valence-corrected chi connectivity index (χ0v) is 30.8. The summed E-state index contributed by atoms with van der Waals surface area (Å²) in [6, 6.07) is 0. The highest BCUT2D eigenvalue weighted by Gasteiger charge is 2.66. The van der Waals surface area contributed by atoms with E-state index in [2.05, 4.69) is 63.6 Å². The summed E-state index contributed by atoms with van der Waals surface area (Å²) in [6.45, 7) is 20.4. The molecule has 7 rings (SSSR count). The maximum atomic E-state index is 12.0. The first kappa shape index (κ1) is 34.0. The van der Waals surface area contributed by atoms with Crippen molar-refractivity contribution in [2.45, 2.75) is 111 Å². The Hall–Kier alpha value is -1.44. The summed E-state index contributed by atoms with van der Waals surface area (Å²) in [6.07, 6.45) is 17.6. The molecule has 1 aliphatic heterocycles. The molecule has 7 aliphatic rings. The van der Waals surface area contributed by atoms with Crippen LogP contribution in [0.4, 0.5) is 0 Å². The van der Waals surface area contributed by atoms with Crippen LogP contribution in [-0.4, -0.2) is 67.6 Å². The minimum atomic E-state index is -2.85. The van der Waals surface area contributed by atoms with Gasteiger partial charge < -0.3 is 15.3 Å². The SMILES string of the molecule is C=C(C)C1CCC2(NCCN3CCS(=O)(=O)CC3)CCC3C(CCC4C3(C)CCC3C(C)(C)C(C5=CCC(C(=O)O)C5)=CCC34C)C12. The largest absolute Gasteiger partial charge is 0.481 e. The van der Waals surface area contributed by atoms with E-state index in [0.717, 1.165) is 37.3 Å². The van der Waals surface area contributed by atoms with Crippen molar-refractivity contribution in [1.29, 1.82) is 0 Å². The van der Waals surface area contributed by atoms with E-state index in [1.165, 1.54) is 68.1 Å². The fraction of sp³-hybridized carbons (Fsp3) is 0.825. The highest BCUT2D eigenvalue weighted by Crippen LogP contribution is 2.73. The fourth-order valence-electron chi connectivity index (χ4n) is 13.8. The Bertz CT molecular complexity index is 1450. The fourth-order valence-corrected chi connectivity index (χ4v) is 15.1. The average molecular weight is 667 g/mol. The smallest absolute Gasteiger partial charge is 0.307 e. The number of sulfone groups is 1. The molecular formula is C40H62N2O4S. The second-order valence-electron chi connectivity index (χ2n) is 18.4. The predicted molar refractivity (Wildman–Crippen MR) is 190 cm³/mol. The monoisotopic (exact) mass is 666 g/mol. The molecule has 10 atom stereocenters. The lowest BCUT2D eigenvalue weighted by atomic mass is 9.36. The molecular weight excluding hydrogens is 605 g/mol. The van der Waals surface area contributed by atoms with Crippen molar-refractivity contribution in [2.24, 2.45) is 57.7 Å². The molecule has 0 radical (unpaired) electrons. The van der Waals surface area contributed by atoms with Gasteiger partial charge in [-0.2, -0.15) is 0 Å². The van der Waals surface area contributed by atoms with Crippen molar-refractivity contribution in [3.8, 4) is 0 Å². The van der Waals surface area contributed by atoms with Crippen LogP contribution in [-0.2, 0) is 14.6 Å². The number of carboxylic acids is 1. The highest BCUT2D eigenvalue weighted by atomic mass is 32.2. The zero-order chi connectivity index (χ0) is 33.6. The minimum absolute atomic E-state index is 0.0606. The maximum absolute atomic E-state index is 12.0. The van der Waals surface area contributed by atoms with Crippen LogP contribution in [0.1, 0.15) is 105 Å². The third-order valence-electron chi connectivity index (χ3n) is 15.9. The van der Waals surface area contributed by atoms with E-state index in [1.54, 1.807) is 0 Å². The van der Waals surface area contributed by atoms with E-state index in [9.17, 15) is 18.3 Å². The van der Waals surface area contributed by atoms with Gasteiger partial charge in [-0.25, -0.2) is 8.42 Å². The van der Waals surface area contributed by atoms with Crippen molar-refractivity contribution >= 4 is 15.8 Å². The molecule has 5 fully saturated rings. The van der Waals surface area contributed by atoms with Crippen LogP contribution in [0.5, 0.6) is 0 Å². The van der Waals surface area contributed by atoms with Crippen molar-refractivity contribution in [3.05, 3.63) is 35.5 Å². The average Bonchev–Trinajstić information content (AvgIpc) is 3.64. The molecule has 7 heteroatoms. The van der Waals surface area contributed by atoms with Gasteiger partial charge in [0.25, 0.3) is 0 Å². The normalized spacial score (nSPS) is 45.5. The van der Waals surface area contributed by atoms with E-state index < -0.39 is 15.8 Å². The van der Waals surface area contributed by atoms with Crippen molar-refractivity contribution in [3.63, 3.8) is 0 Å². The Morgan fingerprint density at radius 1 is 0.979 bits per heavy atom. The van der Waals surface area contributed by atoms with Crippen LogP contribution >= 0.6 is 0 Å². The molecule has 0 bridgehead atoms. The van der Waals surface area contributed by atoms with Gasteiger partial charge in [0.15, 0.2) is 9.84 Å². The van der Waals surface area contributed by atoms with Gasteiger partial charge in [0.05, 0.1) is 17.4 Å². The summed E-state index contributed by atoms with van der Waals surface area (Å²) in [5.41, 5.74) is 5.01. The Balaban J connectivity index is 1.11. The summed E-state index contributed by atoms with van der Waals surface area (Å²) in [7, 11) is -2.85. The van der Waals surface area contributed by atoms with Crippen molar-refractivity contribution < 1.29 is 18.3 Å². The van der Waals surface area contributed by atoms with Crippen LogP contribution in [0.2, 0.25) is 0 Å². The molecule has 10 unspecified atom stereocenters. The number of fused-ring (bicyclic) bond motifs is 7. The lowest BCUT2D eigenvalue weighted by Gasteiger charge is -2.68. The van der Waals surface area contributed by atoms with Crippen LogP contribution in [0.3, 0.4) is 0 Å². The molecule has 0 aromatic carbocycles. The van der Waals surface area contributed by atoms with Crippen LogP contribution in [0.25, 0.3) is 0 Å². The van der Waals surface area contributed by atoms with E-state index in [0.29, 0.717) is 60.6 Å². The molecule has 262 valence electrons. The lowest BCUT2D eigenvalue weighted by Crippen LogP contribution is -2.64. The first-order chi connectivity index (χ1) is 22.1. The zero-order valence-electron chi connectivity index (χ0n) is 30.0. The molecule has 0 aromatic rings. The summed E-state index contributed by atoms with van der Waals surface area (Å²) in [5.74, 6) is 3.78. The number of hydrogen-bond donors (Lipinski definition) is 2. The molecule has 6 aliphatic carbocycles. The molecule has 0 aromatic heterocycles. The van der Waals surface area contributed by atoms with Crippen LogP contribution in [0.15, 0.2) is 35.5 Å². The van der Waals surface area contributed by atoms with Crippen LogP contribution in [0, 0.1) is 57.7 Å². The Morgan fingerprint density at radius 3 is 2.38 bits per heavy atom. The number of nitrogens with one attached hydrogen (secondary N) is 1. The maximum Gasteiger partial charge on any atom is 0.307 e. The molecule has 2 N–H and O–H groups in total. The molecule has 0 spiro atoms. The molecule has 6 nitrogen and oxygen atoms in total. The summed E-state index contributed by atoms with van der Waals surface area (Å²) in [5, 5.41) is 13.9. The van der Waals surface area contributed by atoms with Gasteiger partial charge in [0.2, 0.25) is 0 Å². The number of rotatable bonds is 7. The van der Waals surface area contributed by atoms with Gasteiger partial charge in [-0.05, 0) is 140 Å². The first-order valence-corrected chi connectivity index (χ1v) is 20.9. The quantitative estimate of drug-likeness (QED) is 0.278. The third kappa shape index (κ3) is 5.46. The Morgan fingerprint density at radius 2 is 1.70 bits per heavy atom. The minimum Gasteiger partial charge on any atom is -0.481 e. The third-order valence-corrected chi connectivity index (χ3v) is 17.6. The number of allylic oxidation sites excluding steroid dienone is 5. The molecule has 0 amide bonds. The number of hydrogen-bond acceptors (Lipinski definition) is 5. The van der Waals surface area contributed by atoms with E-state index in [4.69, 9.17) is 0 Å². The Kier molecular flexibility index (Phi) is 8.56. The van der Waals surface area contributed by atoms with Gasteiger partial charge in [-0.3, -0.25) is 4.79 Å². The van der Waals surface area contributed by atoms with Gasteiger partial charge >= 0.3 is 5.97 Å². The van der Waals surface area contributed by atoms with Gasteiger partial charge in [-0.15, -0.1) is 0 Å². The van der Waals surface area contributed by atoms with E-state index in [-0.39, 0.29) is 22.3 Å². The second kappa shape index (κ2) is 11.8. The molecule has 47 heavy (non-hydrogen) atoms. The summed E-state index contributed by atoms with van der Waals surface area (Å²) < 4.78 is 24.0. The standard InChI is InChI=1S/C40H62N2O4S/c1-26(2)29-11-17-40(41-19-20-42-21-23-47(45,46)24-22-42)18-13-32-30(35(29)40)9-10-34-38(32,5)16-14-33-37(3,4)31(12-15-39(33,34)6)27-7-8-28(25-27)36(43)44/h7,12,28-30,32-35,41H,1,8-11,13-25H2,2-6H3,(H,43,44). The highest BCUT2D eigenvalue weighted by molar-refractivity contribution is 7.91. The Labute approximate surface area is 285 Å². The summed E-state index contributed by atoms with van der Waals surface area (Å²) >= 11 is 0. The van der Waals surface area contributed by atoms with Gasteiger partial charge in [0.1, 0.15) is 0 Å². The van der Waals surface area contributed by atoms with E-state index >= 15 is 0 Å². The number of aliphatic carboxylic acids is 1. The van der Waals surface area contributed by atoms with Crippen molar-refractivity contribution in [1.82, 2.24) is 10.2 Å². The lowest BCUT2D eigenvalue weighted by molar-refractivity contribution is -0.177. The van der Waals surface area contributed by atoms with E-state index in [1.807, 2.05) is 0 Å². The predicted octanol–water partition coefficient (Wildman–Crippen LogP) is 7.28. The molecule has 4 saturated carbocycles. The van der Waals surface area contributed by atoms with Crippen LogP contribution < -0.4 is 5.32 Å². The molecule has 1 heterocycles. The number of carbonyl (C=O) groups is 1. The second-order valence-corrected chi connectivity index (χ2v) is 20.7. The summed E-state index contributed by atoms with van der Waals surface area (Å²) in [4.78, 5) is 14.1. The topological polar surface area (TPSA) is 86.7 Å². The van der Waals surface area contributed by atoms with Crippen molar-refractivity contribution in [2.75, 3.05) is 37.7 Å². The van der Waals surface area contributed by atoms with Gasteiger partial charge in [-0.1, -0.05) is 52.0 Å². The molecule has 1 saturated heterocycles. The number of carboxylic acid groups (broad SMARTS) is 1. The first-order valence-electron chi connectivity index (χ1n) is 19.1. The van der Waals surface area contributed by atoms with Gasteiger partial charge in [0, 0.05) is 31.7 Å².